The quantitative estimate of drug-likeness (QED) is 0.459. The molecule has 0 unspecified atom stereocenters. The van der Waals surface area contributed by atoms with Crippen molar-refractivity contribution in [3.05, 3.63) is 53.2 Å². The molecule has 0 radical (unpaired) electrons. The summed E-state index contributed by atoms with van der Waals surface area (Å²) < 4.78 is 37.9. The summed E-state index contributed by atoms with van der Waals surface area (Å²) in [7, 11) is 0. The molecule has 1 aliphatic heterocycles. The van der Waals surface area contributed by atoms with E-state index in [0.717, 1.165) is 12.1 Å². The van der Waals surface area contributed by atoms with Gasteiger partial charge < -0.3 is 9.80 Å². The number of guanidine groups is 1. The van der Waals surface area contributed by atoms with Crippen molar-refractivity contribution < 1.29 is 18.4 Å². The van der Waals surface area contributed by atoms with Crippen LogP contribution in [0.2, 0.25) is 5.02 Å². The smallest absolute Gasteiger partial charge is 0.352 e. The maximum Gasteiger partial charge on any atom is 0.416 e. The average Bonchev–Trinajstić information content (AvgIpc) is 2.66. The second kappa shape index (κ2) is 8.01. The number of hydrogen-bond donors (Lipinski definition) is 2. The molecule has 1 saturated heterocycles. The Bertz CT molecular complexity index is 805. The number of pyridine rings is 1. The molecule has 1 aliphatic rings. The molecule has 0 spiro atoms. The number of nitrogens with zero attached hydrogens (tertiary/aromatic N) is 4. The number of aliphatic imine (C=N–C) groups is 1. The number of benzene rings is 1. The third kappa shape index (κ3) is 4.61. The Labute approximate surface area is 158 Å². The van der Waals surface area contributed by atoms with Gasteiger partial charge in [0.2, 0.25) is 5.96 Å². The lowest BCUT2D eigenvalue weighted by atomic mass is 10.2. The van der Waals surface area contributed by atoms with Crippen LogP contribution >= 0.6 is 11.6 Å². The van der Waals surface area contributed by atoms with E-state index in [0.29, 0.717) is 42.7 Å². The van der Waals surface area contributed by atoms with Crippen molar-refractivity contribution in [2.45, 2.75) is 6.18 Å². The van der Waals surface area contributed by atoms with Crippen LogP contribution in [0.1, 0.15) is 5.56 Å². The summed E-state index contributed by atoms with van der Waals surface area (Å²) in [5.74, 6) is 0.860. The second-order valence-electron chi connectivity index (χ2n) is 5.87. The lowest BCUT2D eigenvalue weighted by molar-refractivity contribution is -0.137. The zero-order chi connectivity index (χ0) is 19.4. The van der Waals surface area contributed by atoms with E-state index in [9.17, 15) is 18.4 Å². The van der Waals surface area contributed by atoms with Gasteiger partial charge in [-0.15, -0.1) is 0 Å². The summed E-state index contributed by atoms with van der Waals surface area (Å²) >= 11 is 6.16. The number of alkyl halides is 3. The summed E-state index contributed by atoms with van der Waals surface area (Å²) in [5.41, 5.74) is 1.58. The highest BCUT2D eigenvalue weighted by molar-refractivity contribution is 6.32. The highest BCUT2D eigenvalue weighted by atomic mass is 35.5. The van der Waals surface area contributed by atoms with Crippen molar-refractivity contribution >= 4 is 29.1 Å². The predicted molar refractivity (Wildman–Crippen MR) is 96.5 cm³/mol. The molecule has 144 valence electrons. The van der Waals surface area contributed by atoms with Crippen LogP contribution < -0.4 is 10.4 Å². The van der Waals surface area contributed by atoms with Gasteiger partial charge in [0.1, 0.15) is 5.82 Å². The van der Waals surface area contributed by atoms with Crippen molar-refractivity contribution in [1.82, 2.24) is 15.4 Å². The summed E-state index contributed by atoms with van der Waals surface area (Å²) in [4.78, 5) is 12.3. The summed E-state index contributed by atoms with van der Waals surface area (Å²) in [6.07, 6.45) is -2.73. The molecule has 10 heteroatoms. The summed E-state index contributed by atoms with van der Waals surface area (Å²) in [5, 5.41) is 9.96. The van der Waals surface area contributed by atoms with Crippen LogP contribution in [-0.4, -0.2) is 47.2 Å². The lowest BCUT2D eigenvalue weighted by Crippen LogP contribution is -2.52. The minimum Gasteiger partial charge on any atom is -0.352 e. The van der Waals surface area contributed by atoms with E-state index in [2.05, 4.69) is 9.98 Å². The minimum absolute atomic E-state index is 0.168. The van der Waals surface area contributed by atoms with Gasteiger partial charge in [0.15, 0.2) is 0 Å². The molecule has 2 aromatic rings. The monoisotopic (exact) mass is 399 g/mol. The molecule has 1 aromatic heterocycles. The van der Waals surface area contributed by atoms with Gasteiger partial charge in [-0.3, -0.25) is 5.21 Å². The van der Waals surface area contributed by atoms with Gasteiger partial charge >= 0.3 is 6.18 Å². The molecule has 2 heterocycles. The van der Waals surface area contributed by atoms with Gasteiger partial charge in [-0.25, -0.2) is 15.5 Å². The van der Waals surface area contributed by atoms with E-state index >= 15 is 0 Å². The SMILES string of the molecule is ONC(=Nc1ccc(C(F)(F)F)cc1)N1CCN(c2ncccc2Cl)CC1. The minimum atomic E-state index is -4.40. The molecule has 3 rings (SSSR count). The Morgan fingerprint density at radius 1 is 1.11 bits per heavy atom. The van der Waals surface area contributed by atoms with E-state index in [1.54, 1.807) is 23.2 Å². The van der Waals surface area contributed by atoms with Crippen molar-refractivity contribution in [2.75, 3.05) is 31.1 Å². The normalized spacial score (nSPS) is 15.8. The summed E-state index contributed by atoms with van der Waals surface area (Å²) in [6.45, 7) is 2.26. The molecular weight excluding hydrogens is 383 g/mol. The maximum atomic E-state index is 12.6. The molecule has 0 amide bonds. The predicted octanol–water partition coefficient (Wildman–Crippen LogP) is 3.54. The van der Waals surface area contributed by atoms with Crippen LogP contribution in [0.15, 0.2) is 47.6 Å². The molecular formula is C17H17ClF3N5O. The number of piperazine rings is 1. The first-order valence-corrected chi connectivity index (χ1v) is 8.53. The molecule has 0 bridgehead atoms. The van der Waals surface area contributed by atoms with Crippen molar-refractivity contribution in [2.24, 2.45) is 4.99 Å². The first-order valence-electron chi connectivity index (χ1n) is 8.15. The fourth-order valence-corrected chi connectivity index (χ4v) is 2.99. The number of anilines is 1. The Balaban J connectivity index is 1.68. The number of halogens is 4. The van der Waals surface area contributed by atoms with E-state index in [4.69, 9.17) is 11.6 Å². The highest BCUT2D eigenvalue weighted by Crippen LogP contribution is 2.30. The molecule has 6 nitrogen and oxygen atoms in total. The van der Waals surface area contributed by atoms with E-state index in [1.807, 2.05) is 10.4 Å². The first kappa shape index (κ1) is 19.2. The Kier molecular flexibility index (Phi) is 5.71. The van der Waals surface area contributed by atoms with Crippen molar-refractivity contribution in [1.29, 1.82) is 0 Å². The first-order chi connectivity index (χ1) is 12.9. The number of hydrogen-bond acceptors (Lipinski definition) is 4. The average molecular weight is 400 g/mol. The van der Waals surface area contributed by atoms with Crippen molar-refractivity contribution in [3.8, 4) is 0 Å². The van der Waals surface area contributed by atoms with Crippen LogP contribution in [0, 0.1) is 0 Å². The fraction of sp³-hybridized carbons (Fsp3) is 0.294. The van der Waals surface area contributed by atoms with Gasteiger partial charge in [0.05, 0.1) is 16.3 Å². The Morgan fingerprint density at radius 2 is 1.78 bits per heavy atom. The number of rotatable bonds is 2. The molecule has 27 heavy (non-hydrogen) atoms. The fourth-order valence-electron chi connectivity index (χ4n) is 2.75. The summed E-state index contributed by atoms with van der Waals surface area (Å²) in [6, 6.07) is 7.94. The third-order valence-corrected chi connectivity index (χ3v) is 4.44. The molecule has 0 saturated carbocycles. The van der Waals surface area contributed by atoms with E-state index in [-0.39, 0.29) is 5.96 Å². The number of nitrogens with one attached hydrogen (secondary N) is 1. The number of hydroxylamine groups is 1. The van der Waals surface area contributed by atoms with Crippen LogP contribution in [-0.2, 0) is 6.18 Å². The van der Waals surface area contributed by atoms with E-state index in [1.165, 1.54) is 12.1 Å². The van der Waals surface area contributed by atoms with Gasteiger partial charge in [0, 0.05) is 32.4 Å². The lowest BCUT2D eigenvalue weighted by Gasteiger charge is -2.36. The zero-order valence-electron chi connectivity index (χ0n) is 14.1. The topological polar surface area (TPSA) is 64.0 Å². The van der Waals surface area contributed by atoms with E-state index < -0.39 is 11.7 Å². The highest BCUT2D eigenvalue weighted by Gasteiger charge is 2.30. The maximum absolute atomic E-state index is 12.6. The molecule has 1 fully saturated rings. The molecule has 0 aliphatic carbocycles. The largest absolute Gasteiger partial charge is 0.416 e. The zero-order valence-corrected chi connectivity index (χ0v) is 14.9. The van der Waals surface area contributed by atoms with Gasteiger partial charge in [-0.1, -0.05) is 11.6 Å². The van der Waals surface area contributed by atoms with Crippen LogP contribution in [0.3, 0.4) is 0 Å². The van der Waals surface area contributed by atoms with Crippen LogP contribution in [0.25, 0.3) is 0 Å². The number of aromatic nitrogens is 1. The van der Waals surface area contributed by atoms with Gasteiger partial charge in [-0.05, 0) is 36.4 Å². The van der Waals surface area contributed by atoms with Crippen molar-refractivity contribution in [3.63, 3.8) is 0 Å². The molecule has 2 N–H and O–H groups in total. The standard InChI is InChI=1S/C17H17ClF3N5O/c18-14-2-1-7-22-15(14)25-8-10-26(11-9-25)16(24-27)23-13-5-3-12(4-6-13)17(19,20)21/h1-7,27H,8-11H2,(H,23,24). The third-order valence-electron chi connectivity index (χ3n) is 4.15. The van der Waals surface area contributed by atoms with Crippen LogP contribution in [0.5, 0.6) is 0 Å². The second-order valence-corrected chi connectivity index (χ2v) is 6.28. The van der Waals surface area contributed by atoms with Gasteiger partial charge in [-0.2, -0.15) is 13.2 Å². The van der Waals surface area contributed by atoms with Gasteiger partial charge in [0.25, 0.3) is 0 Å². The molecule has 1 aromatic carbocycles. The Hall–Kier alpha value is -2.52. The van der Waals surface area contributed by atoms with Crippen LogP contribution in [0.4, 0.5) is 24.7 Å². The Morgan fingerprint density at radius 3 is 2.33 bits per heavy atom. The molecule has 0 atom stereocenters.